The van der Waals surface area contributed by atoms with Gasteiger partial charge >= 0.3 is 17.9 Å². The maximum atomic E-state index is 14.1. The molecule has 12 heteroatoms. The number of hydrogen-bond donors (Lipinski definition) is 4. The van der Waals surface area contributed by atoms with E-state index in [2.05, 4.69) is 20.5 Å². The lowest BCUT2D eigenvalue weighted by Gasteiger charge is -2.23. The predicted octanol–water partition coefficient (Wildman–Crippen LogP) is 2.87. The average molecular weight is 546 g/mol. The molecular weight excluding hydrogens is 513 g/mol. The molecule has 0 saturated carbocycles. The largest absolute Gasteiger partial charge is 0.497 e. The van der Waals surface area contributed by atoms with E-state index < -0.39 is 36.4 Å². The summed E-state index contributed by atoms with van der Waals surface area (Å²) < 4.78 is 21.5. The first-order valence-corrected chi connectivity index (χ1v) is 12.0. The molecule has 11 nitrogen and oxygen atoms in total. The van der Waals surface area contributed by atoms with Crippen LogP contribution in [-0.4, -0.2) is 72.0 Å². The smallest absolute Gasteiger partial charge is 0.336 e. The number of aryl methyl sites for hydroxylation is 1. The number of ether oxygens (including phenoxy) is 1. The monoisotopic (exact) mass is 545 g/mol. The van der Waals surface area contributed by atoms with E-state index in [1.54, 1.807) is 19.4 Å². The zero-order chi connectivity index (χ0) is 28.8. The number of imidazole rings is 1. The minimum atomic E-state index is -2.74. The summed E-state index contributed by atoms with van der Waals surface area (Å²) in [5.41, 5.74) is -0.862. The quantitative estimate of drug-likeness (QED) is 0.237. The molecule has 0 radical (unpaired) electrons. The standard InChI is InChI=1S/C21H24FN3O.C6H8O7/c1-26-20-8-4-6-18(14-20)15-25(12-5-11-24-13-10-23-17-24)16-19-7-2-3-9-21(19)22;7-3(8)1-6(13,5(11)12)2-4(9)10/h2-4,6-10,13-14,17H,5,11-12,15-16H2,1H3;13H,1-2H2,(H,7,8)(H,9,10)(H,11,12). The van der Waals surface area contributed by atoms with Crippen LogP contribution < -0.4 is 4.74 Å². The Labute approximate surface area is 224 Å². The highest BCUT2D eigenvalue weighted by Crippen LogP contribution is 2.18. The molecule has 0 saturated heterocycles. The lowest BCUT2D eigenvalue weighted by atomic mass is 9.96. The summed E-state index contributed by atoms with van der Waals surface area (Å²) in [4.78, 5) is 36.8. The van der Waals surface area contributed by atoms with Crippen molar-refractivity contribution < 1.29 is 43.9 Å². The fraction of sp³-hybridized carbons (Fsp3) is 0.333. The summed E-state index contributed by atoms with van der Waals surface area (Å²) in [6.07, 6.45) is 4.25. The number of halogens is 1. The van der Waals surface area contributed by atoms with Gasteiger partial charge in [-0.1, -0.05) is 30.3 Å². The SMILES string of the molecule is COc1cccc(CN(CCCn2ccnc2)Cc2ccccc2F)c1.O=C(O)CC(O)(CC(=O)O)C(=O)O. The molecule has 0 atom stereocenters. The number of aliphatic carboxylic acids is 3. The number of benzene rings is 2. The molecule has 1 heterocycles. The summed E-state index contributed by atoms with van der Waals surface area (Å²) in [5.74, 6) is -4.33. The Kier molecular flexibility index (Phi) is 12.1. The van der Waals surface area contributed by atoms with Gasteiger partial charge in [0, 0.05) is 44.1 Å². The van der Waals surface area contributed by atoms with Crippen molar-refractivity contribution in [1.29, 1.82) is 0 Å². The Balaban J connectivity index is 0.000000349. The molecule has 39 heavy (non-hydrogen) atoms. The van der Waals surface area contributed by atoms with E-state index in [-0.39, 0.29) is 5.82 Å². The van der Waals surface area contributed by atoms with Gasteiger partial charge in [-0.05, 0) is 30.2 Å². The topological polar surface area (TPSA) is 162 Å². The van der Waals surface area contributed by atoms with E-state index in [1.807, 2.05) is 42.9 Å². The van der Waals surface area contributed by atoms with Crippen LogP contribution in [0.2, 0.25) is 0 Å². The molecule has 4 N–H and O–H groups in total. The van der Waals surface area contributed by atoms with Crippen molar-refractivity contribution in [3.63, 3.8) is 0 Å². The van der Waals surface area contributed by atoms with Gasteiger partial charge in [0.2, 0.25) is 0 Å². The molecule has 0 spiro atoms. The van der Waals surface area contributed by atoms with Crippen molar-refractivity contribution in [3.05, 3.63) is 84.2 Å². The van der Waals surface area contributed by atoms with Gasteiger partial charge in [0.05, 0.1) is 26.3 Å². The maximum Gasteiger partial charge on any atom is 0.336 e. The normalized spacial score (nSPS) is 11.0. The molecule has 1 aromatic heterocycles. The van der Waals surface area contributed by atoms with Gasteiger partial charge in [0.1, 0.15) is 11.6 Å². The molecule has 0 fully saturated rings. The third-order valence-electron chi connectivity index (χ3n) is 5.63. The number of hydrogen-bond acceptors (Lipinski definition) is 7. The number of aliphatic hydroxyl groups is 1. The minimum absolute atomic E-state index is 0.155. The summed E-state index contributed by atoms with van der Waals surface area (Å²) in [7, 11) is 1.67. The molecule has 0 bridgehead atoms. The molecule has 3 rings (SSSR count). The second-order valence-corrected chi connectivity index (χ2v) is 8.79. The van der Waals surface area contributed by atoms with E-state index in [1.165, 1.54) is 6.07 Å². The van der Waals surface area contributed by atoms with E-state index in [4.69, 9.17) is 25.2 Å². The molecule has 3 aromatic rings. The van der Waals surface area contributed by atoms with E-state index >= 15 is 0 Å². The first-order chi connectivity index (χ1) is 18.5. The van der Waals surface area contributed by atoms with Gasteiger partial charge in [-0.25, -0.2) is 14.2 Å². The minimum Gasteiger partial charge on any atom is -0.497 e. The third kappa shape index (κ3) is 10.9. The van der Waals surface area contributed by atoms with Crippen LogP contribution in [-0.2, 0) is 34.0 Å². The van der Waals surface area contributed by atoms with Crippen LogP contribution >= 0.6 is 0 Å². The molecule has 0 unspecified atom stereocenters. The van der Waals surface area contributed by atoms with Gasteiger partial charge in [-0.2, -0.15) is 0 Å². The van der Waals surface area contributed by atoms with Crippen LogP contribution in [0.3, 0.4) is 0 Å². The van der Waals surface area contributed by atoms with Gasteiger partial charge in [0.15, 0.2) is 5.60 Å². The molecule has 2 aromatic carbocycles. The Morgan fingerprint density at radius 1 is 1.03 bits per heavy atom. The zero-order valence-corrected chi connectivity index (χ0v) is 21.4. The van der Waals surface area contributed by atoms with Crippen LogP contribution in [0.5, 0.6) is 5.75 Å². The number of aromatic nitrogens is 2. The molecule has 0 aliphatic carbocycles. The third-order valence-corrected chi connectivity index (χ3v) is 5.63. The van der Waals surface area contributed by atoms with E-state index in [0.717, 1.165) is 42.9 Å². The van der Waals surface area contributed by atoms with Crippen LogP contribution in [0.4, 0.5) is 4.39 Å². The van der Waals surface area contributed by atoms with Gasteiger partial charge in [-0.15, -0.1) is 0 Å². The zero-order valence-electron chi connectivity index (χ0n) is 21.4. The van der Waals surface area contributed by atoms with E-state index in [9.17, 15) is 18.8 Å². The highest BCUT2D eigenvalue weighted by molar-refractivity contribution is 5.88. The Hall–Kier alpha value is -4.29. The van der Waals surface area contributed by atoms with Crippen LogP contribution in [0.25, 0.3) is 0 Å². The maximum absolute atomic E-state index is 14.1. The van der Waals surface area contributed by atoms with Gasteiger partial charge in [-0.3, -0.25) is 14.5 Å². The van der Waals surface area contributed by atoms with Crippen molar-refractivity contribution in [2.45, 2.75) is 44.5 Å². The molecular formula is C27H32FN3O8. The highest BCUT2D eigenvalue weighted by atomic mass is 19.1. The number of carboxylic acids is 3. The van der Waals surface area contributed by atoms with Gasteiger partial charge < -0.3 is 29.7 Å². The Morgan fingerprint density at radius 2 is 1.72 bits per heavy atom. The highest BCUT2D eigenvalue weighted by Gasteiger charge is 2.40. The number of rotatable bonds is 14. The van der Waals surface area contributed by atoms with Gasteiger partial charge in [0.25, 0.3) is 0 Å². The Bertz CT molecular complexity index is 1200. The fourth-order valence-electron chi connectivity index (χ4n) is 3.72. The second kappa shape index (κ2) is 15.2. The summed E-state index contributed by atoms with van der Waals surface area (Å²) in [6, 6.07) is 15.0. The summed E-state index contributed by atoms with van der Waals surface area (Å²) >= 11 is 0. The molecule has 0 aliphatic rings. The summed E-state index contributed by atoms with van der Waals surface area (Å²) in [6.45, 7) is 3.08. The number of nitrogens with zero attached hydrogens (tertiary/aromatic N) is 3. The van der Waals surface area contributed by atoms with E-state index in [0.29, 0.717) is 6.54 Å². The van der Waals surface area contributed by atoms with Crippen molar-refractivity contribution >= 4 is 17.9 Å². The number of methoxy groups -OCH3 is 1. The van der Waals surface area contributed by atoms with Crippen molar-refractivity contribution in [1.82, 2.24) is 14.5 Å². The average Bonchev–Trinajstić information content (AvgIpc) is 3.38. The van der Waals surface area contributed by atoms with Crippen molar-refractivity contribution in [3.8, 4) is 5.75 Å². The molecule has 0 aliphatic heterocycles. The number of carbonyl (C=O) groups is 3. The fourth-order valence-corrected chi connectivity index (χ4v) is 3.72. The molecule has 210 valence electrons. The van der Waals surface area contributed by atoms with Crippen LogP contribution in [0, 0.1) is 5.82 Å². The predicted molar refractivity (Wildman–Crippen MR) is 137 cm³/mol. The first kappa shape index (κ1) is 30.9. The van der Waals surface area contributed by atoms with Crippen molar-refractivity contribution in [2.75, 3.05) is 13.7 Å². The van der Waals surface area contributed by atoms with Crippen LogP contribution in [0.15, 0.2) is 67.3 Å². The lowest BCUT2D eigenvalue weighted by Crippen LogP contribution is -2.42. The lowest BCUT2D eigenvalue weighted by molar-refractivity contribution is -0.170. The van der Waals surface area contributed by atoms with Crippen molar-refractivity contribution in [2.24, 2.45) is 0 Å². The second-order valence-electron chi connectivity index (χ2n) is 8.79. The van der Waals surface area contributed by atoms with Crippen LogP contribution in [0.1, 0.15) is 30.4 Å². The summed E-state index contributed by atoms with van der Waals surface area (Å²) in [5, 5.41) is 33.8. The Morgan fingerprint density at radius 3 is 2.28 bits per heavy atom. The molecule has 0 amide bonds. The number of carboxylic acid groups (broad SMARTS) is 3. The first-order valence-electron chi connectivity index (χ1n) is 12.0.